The van der Waals surface area contributed by atoms with Gasteiger partial charge in [0.2, 0.25) is 5.95 Å². The normalized spacial score (nSPS) is 10.8. The Bertz CT molecular complexity index is 480. The molecule has 0 saturated carbocycles. The monoisotopic (exact) mass is 237 g/mol. The first-order valence-electron chi connectivity index (χ1n) is 5.30. The van der Waals surface area contributed by atoms with E-state index in [4.69, 9.17) is 0 Å². The molecule has 2 rings (SSSR count). The van der Waals surface area contributed by atoms with Crippen LogP contribution in [-0.4, -0.2) is 22.5 Å². The number of nitrogens with one attached hydrogen (secondary N) is 1. The molecule has 0 aliphatic carbocycles. The van der Waals surface area contributed by atoms with Gasteiger partial charge >= 0.3 is 0 Å². The second-order valence-corrected chi connectivity index (χ2v) is 3.68. The standard InChI is InChI=1S/C12H13F2N3/c1-9-8-17(10-5-3-2-4-6-10)12(16-9)15-7-11(13)14/h2-6,8,11H,7H2,1H3,(H,15,16). The minimum Gasteiger partial charge on any atom is -0.350 e. The maximum absolute atomic E-state index is 12.2. The van der Waals surface area contributed by atoms with Crippen molar-refractivity contribution in [2.24, 2.45) is 0 Å². The van der Waals surface area contributed by atoms with E-state index in [1.54, 1.807) is 4.57 Å². The highest BCUT2D eigenvalue weighted by atomic mass is 19.3. The second kappa shape index (κ2) is 4.95. The molecule has 2 aromatic rings. The van der Waals surface area contributed by atoms with E-state index >= 15 is 0 Å². The summed E-state index contributed by atoms with van der Waals surface area (Å²) in [6.45, 7) is 1.43. The van der Waals surface area contributed by atoms with Gasteiger partial charge in [-0.15, -0.1) is 0 Å². The number of hydrogen-bond donors (Lipinski definition) is 1. The van der Waals surface area contributed by atoms with Crippen molar-refractivity contribution in [3.05, 3.63) is 42.2 Å². The van der Waals surface area contributed by atoms with Crippen LogP contribution in [0.4, 0.5) is 14.7 Å². The predicted molar refractivity (Wildman–Crippen MR) is 62.8 cm³/mol. The van der Waals surface area contributed by atoms with Crippen LogP contribution in [0.1, 0.15) is 5.69 Å². The van der Waals surface area contributed by atoms with Gasteiger partial charge in [-0.1, -0.05) is 18.2 Å². The van der Waals surface area contributed by atoms with Crippen molar-refractivity contribution < 1.29 is 8.78 Å². The molecule has 3 nitrogen and oxygen atoms in total. The lowest BCUT2D eigenvalue weighted by atomic mass is 10.3. The maximum atomic E-state index is 12.2. The van der Waals surface area contributed by atoms with Crippen LogP contribution in [0.2, 0.25) is 0 Å². The summed E-state index contributed by atoms with van der Waals surface area (Å²) in [5, 5.41) is 2.63. The zero-order valence-corrected chi connectivity index (χ0v) is 9.40. The summed E-state index contributed by atoms with van der Waals surface area (Å²) in [6, 6.07) is 9.48. The lowest BCUT2D eigenvalue weighted by Crippen LogP contribution is -2.13. The van der Waals surface area contributed by atoms with E-state index in [-0.39, 0.29) is 0 Å². The highest BCUT2D eigenvalue weighted by Gasteiger charge is 2.09. The molecule has 1 N–H and O–H groups in total. The van der Waals surface area contributed by atoms with E-state index in [1.807, 2.05) is 43.5 Å². The van der Waals surface area contributed by atoms with Crippen LogP contribution in [0.15, 0.2) is 36.5 Å². The molecule has 1 aromatic heterocycles. The fourth-order valence-electron chi connectivity index (χ4n) is 1.58. The summed E-state index contributed by atoms with van der Waals surface area (Å²) in [4.78, 5) is 4.18. The number of rotatable bonds is 4. The number of halogens is 2. The molecule has 1 aromatic carbocycles. The Hall–Kier alpha value is -1.91. The molecule has 0 unspecified atom stereocenters. The molecule has 0 fully saturated rings. The maximum Gasteiger partial charge on any atom is 0.255 e. The van der Waals surface area contributed by atoms with E-state index in [1.165, 1.54) is 0 Å². The number of para-hydroxylation sites is 1. The third kappa shape index (κ3) is 2.81. The van der Waals surface area contributed by atoms with E-state index in [0.717, 1.165) is 11.4 Å². The molecule has 0 aliphatic rings. The van der Waals surface area contributed by atoms with Crippen LogP contribution < -0.4 is 5.32 Å². The average Bonchev–Trinajstić information content (AvgIpc) is 2.69. The van der Waals surface area contributed by atoms with E-state index < -0.39 is 13.0 Å². The molecule has 5 heteroatoms. The average molecular weight is 237 g/mol. The number of aromatic nitrogens is 2. The Kier molecular flexibility index (Phi) is 3.37. The number of hydrogen-bond acceptors (Lipinski definition) is 2. The van der Waals surface area contributed by atoms with Gasteiger partial charge in [0.1, 0.15) is 0 Å². The summed E-state index contributed by atoms with van der Waals surface area (Å²) in [5.74, 6) is 0.439. The number of alkyl halides is 2. The fourth-order valence-corrected chi connectivity index (χ4v) is 1.58. The van der Waals surface area contributed by atoms with Crippen molar-refractivity contribution in [1.29, 1.82) is 0 Å². The summed E-state index contributed by atoms with van der Waals surface area (Å²) in [7, 11) is 0. The summed E-state index contributed by atoms with van der Waals surface area (Å²) < 4.78 is 26.1. The van der Waals surface area contributed by atoms with Gasteiger partial charge in [-0.25, -0.2) is 13.8 Å². The molecule has 0 radical (unpaired) electrons. The van der Waals surface area contributed by atoms with Crippen molar-refractivity contribution in [2.45, 2.75) is 13.3 Å². The van der Waals surface area contributed by atoms with Crippen molar-refractivity contribution in [3.63, 3.8) is 0 Å². The number of benzene rings is 1. The van der Waals surface area contributed by atoms with Crippen LogP contribution in [0.25, 0.3) is 5.69 Å². The van der Waals surface area contributed by atoms with Gasteiger partial charge in [-0.05, 0) is 19.1 Å². The molecule has 0 aliphatic heterocycles. The van der Waals surface area contributed by atoms with Gasteiger partial charge in [0.05, 0.1) is 12.2 Å². The molecule has 0 amide bonds. The minimum atomic E-state index is -2.39. The van der Waals surface area contributed by atoms with Gasteiger partial charge in [0.25, 0.3) is 6.43 Å². The van der Waals surface area contributed by atoms with Gasteiger partial charge in [0.15, 0.2) is 0 Å². The fraction of sp³-hybridized carbons (Fsp3) is 0.250. The molecule has 0 spiro atoms. The highest BCUT2D eigenvalue weighted by Crippen LogP contribution is 2.16. The van der Waals surface area contributed by atoms with Gasteiger partial charge in [-0.2, -0.15) is 0 Å². The minimum absolute atomic E-state index is 0.400. The molecule has 0 atom stereocenters. The van der Waals surface area contributed by atoms with E-state index in [2.05, 4.69) is 10.3 Å². The SMILES string of the molecule is Cc1cn(-c2ccccc2)c(NCC(F)F)n1. The molecule has 17 heavy (non-hydrogen) atoms. The number of aryl methyl sites for hydroxylation is 1. The molecular weight excluding hydrogens is 224 g/mol. The third-order valence-electron chi connectivity index (χ3n) is 2.28. The largest absolute Gasteiger partial charge is 0.350 e. The predicted octanol–water partition coefficient (Wildman–Crippen LogP) is 2.86. The van der Waals surface area contributed by atoms with Gasteiger partial charge in [0, 0.05) is 11.9 Å². The summed E-state index contributed by atoms with van der Waals surface area (Å²) in [5.41, 5.74) is 1.68. The van der Waals surface area contributed by atoms with Crippen molar-refractivity contribution in [1.82, 2.24) is 9.55 Å². The quantitative estimate of drug-likeness (QED) is 0.886. The van der Waals surface area contributed by atoms with Crippen LogP contribution >= 0.6 is 0 Å². The number of anilines is 1. The topological polar surface area (TPSA) is 29.9 Å². The Morgan fingerprint density at radius 2 is 2.00 bits per heavy atom. The molecule has 0 bridgehead atoms. The Morgan fingerprint density at radius 1 is 1.29 bits per heavy atom. The first-order valence-corrected chi connectivity index (χ1v) is 5.30. The van der Waals surface area contributed by atoms with Crippen molar-refractivity contribution in [3.8, 4) is 5.69 Å². The highest BCUT2D eigenvalue weighted by molar-refractivity contribution is 5.42. The van der Waals surface area contributed by atoms with Crippen LogP contribution in [0, 0.1) is 6.92 Å². The molecule has 1 heterocycles. The Morgan fingerprint density at radius 3 is 2.65 bits per heavy atom. The van der Waals surface area contributed by atoms with Crippen molar-refractivity contribution in [2.75, 3.05) is 11.9 Å². The van der Waals surface area contributed by atoms with Crippen LogP contribution in [-0.2, 0) is 0 Å². The second-order valence-electron chi connectivity index (χ2n) is 3.68. The Labute approximate surface area is 98.1 Å². The van der Waals surface area contributed by atoms with Crippen LogP contribution in [0.3, 0.4) is 0 Å². The zero-order chi connectivity index (χ0) is 12.3. The van der Waals surface area contributed by atoms with Crippen molar-refractivity contribution >= 4 is 5.95 Å². The molecule has 90 valence electrons. The smallest absolute Gasteiger partial charge is 0.255 e. The number of imidazole rings is 1. The lowest BCUT2D eigenvalue weighted by Gasteiger charge is -2.08. The van der Waals surface area contributed by atoms with Gasteiger partial charge in [-0.3, -0.25) is 4.57 Å². The summed E-state index contributed by atoms with van der Waals surface area (Å²) in [6.07, 6.45) is -0.584. The first kappa shape index (κ1) is 11.6. The molecule has 0 saturated heterocycles. The Balaban J connectivity index is 2.28. The van der Waals surface area contributed by atoms with Crippen LogP contribution in [0.5, 0.6) is 0 Å². The summed E-state index contributed by atoms with van der Waals surface area (Å²) >= 11 is 0. The van der Waals surface area contributed by atoms with E-state index in [0.29, 0.717) is 5.95 Å². The van der Waals surface area contributed by atoms with Gasteiger partial charge < -0.3 is 5.32 Å². The first-order chi connectivity index (χ1) is 8.16. The lowest BCUT2D eigenvalue weighted by molar-refractivity contribution is 0.163. The zero-order valence-electron chi connectivity index (χ0n) is 9.40. The third-order valence-corrected chi connectivity index (χ3v) is 2.28. The van der Waals surface area contributed by atoms with E-state index in [9.17, 15) is 8.78 Å². The number of nitrogens with zero attached hydrogens (tertiary/aromatic N) is 2. The molecular formula is C12H13F2N3.